The molecule has 0 amide bonds. The maximum absolute atomic E-state index is 13.7. The van der Waals surface area contributed by atoms with Crippen LogP contribution in [0.15, 0.2) is 42.5 Å². The SMILES string of the molecule is Fc1ccc(Cc2nnc(N3CCc4[nH]c5ccc(F)cc5c4C3)s2)cc1. The van der Waals surface area contributed by atoms with Crippen molar-refractivity contribution in [2.75, 3.05) is 11.4 Å². The Labute approximate surface area is 158 Å². The fourth-order valence-corrected chi connectivity index (χ4v) is 4.47. The topological polar surface area (TPSA) is 44.8 Å². The highest BCUT2D eigenvalue weighted by molar-refractivity contribution is 7.15. The summed E-state index contributed by atoms with van der Waals surface area (Å²) in [7, 11) is 0. The van der Waals surface area contributed by atoms with Gasteiger partial charge in [0.05, 0.1) is 0 Å². The molecule has 0 saturated carbocycles. The molecule has 0 unspecified atom stereocenters. The molecule has 0 bridgehead atoms. The smallest absolute Gasteiger partial charge is 0.208 e. The van der Waals surface area contributed by atoms with Gasteiger partial charge in [-0.1, -0.05) is 23.5 Å². The van der Waals surface area contributed by atoms with E-state index >= 15 is 0 Å². The number of halogens is 2. The van der Waals surface area contributed by atoms with Crippen LogP contribution in [0.4, 0.5) is 13.9 Å². The summed E-state index contributed by atoms with van der Waals surface area (Å²) in [6.45, 7) is 1.53. The van der Waals surface area contributed by atoms with Gasteiger partial charge in [-0.3, -0.25) is 0 Å². The molecule has 27 heavy (non-hydrogen) atoms. The highest BCUT2D eigenvalue weighted by atomic mass is 32.1. The van der Waals surface area contributed by atoms with E-state index in [1.54, 1.807) is 35.6 Å². The van der Waals surface area contributed by atoms with Crippen LogP contribution in [0, 0.1) is 11.6 Å². The molecule has 1 aliphatic rings. The summed E-state index contributed by atoms with van der Waals surface area (Å²) < 4.78 is 26.7. The number of rotatable bonds is 3. The number of nitrogens with zero attached hydrogens (tertiary/aromatic N) is 3. The van der Waals surface area contributed by atoms with Gasteiger partial charge in [-0.25, -0.2) is 8.78 Å². The third kappa shape index (κ3) is 3.08. The Balaban J connectivity index is 1.39. The molecule has 0 atom stereocenters. The van der Waals surface area contributed by atoms with Crippen LogP contribution in [0.1, 0.15) is 21.8 Å². The molecule has 0 fully saturated rings. The fraction of sp³-hybridized carbons (Fsp3) is 0.200. The molecule has 136 valence electrons. The Morgan fingerprint density at radius 1 is 1.04 bits per heavy atom. The second-order valence-corrected chi connectivity index (χ2v) is 7.77. The molecular formula is C20H16F2N4S. The number of aromatic amines is 1. The van der Waals surface area contributed by atoms with E-state index in [1.807, 2.05) is 0 Å². The van der Waals surface area contributed by atoms with Crippen LogP contribution in [0.2, 0.25) is 0 Å². The Bertz CT molecular complexity index is 1120. The molecule has 0 saturated heterocycles. The first-order chi connectivity index (χ1) is 13.2. The molecule has 0 aliphatic carbocycles. The van der Waals surface area contributed by atoms with Gasteiger partial charge in [-0.05, 0) is 35.9 Å². The second kappa shape index (κ2) is 6.42. The average molecular weight is 382 g/mol. The van der Waals surface area contributed by atoms with Crippen molar-refractivity contribution in [3.63, 3.8) is 0 Å². The van der Waals surface area contributed by atoms with Crippen LogP contribution < -0.4 is 4.90 Å². The molecule has 1 aliphatic heterocycles. The number of nitrogens with one attached hydrogen (secondary N) is 1. The quantitative estimate of drug-likeness (QED) is 0.569. The largest absolute Gasteiger partial charge is 0.358 e. The van der Waals surface area contributed by atoms with Gasteiger partial charge in [0.1, 0.15) is 16.6 Å². The van der Waals surface area contributed by atoms with Gasteiger partial charge < -0.3 is 9.88 Å². The number of H-pyrrole nitrogens is 1. The monoisotopic (exact) mass is 382 g/mol. The zero-order chi connectivity index (χ0) is 18.4. The van der Waals surface area contributed by atoms with E-state index in [0.717, 1.165) is 45.1 Å². The molecule has 3 heterocycles. The van der Waals surface area contributed by atoms with E-state index in [9.17, 15) is 8.78 Å². The van der Waals surface area contributed by atoms with Crippen LogP contribution >= 0.6 is 11.3 Å². The lowest BCUT2D eigenvalue weighted by Crippen LogP contribution is -2.29. The van der Waals surface area contributed by atoms with Crippen LogP contribution in [0.25, 0.3) is 10.9 Å². The van der Waals surface area contributed by atoms with E-state index in [0.29, 0.717) is 13.0 Å². The number of anilines is 1. The third-order valence-corrected chi connectivity index (χ3v) is 5.92. The molecular weight excluding hydrogens is 366 g/mol. The Hall–Kier alpha value is -2.80. The molecule has 2 aromatic carbocycles. The van der Waals surface area contributed by atoms with E-state index in [1.165, 1.54) is 23.9 Å². The molecule has 4 aromatic rings. The highest BCUT2D eigenvalue weighted by Gasteiger charge is 2.23. The predicted octanol–water partition coefficient (Wildman–Crippen LogP) is 4.45. The Kier molecular flexibility index (Phi) is 3.89. The highest BCUT2D eigenvalue weighted by Crippen LogP contribution is 2.32. The van der Waals surface area contributed by atoms with Crippen LogP contribution in [0.3, 0.4) is 0 Å². The zero-order valence-electron chi connectivity index (χ0n) is 14.4. The van der Waals surface area contributed by atoms with Crippen LogP contribution in [-0.2, 0) is 19.4 Å². The summed E-state index contributed by atoms with van der Waals surface area (Å²) in [4.78, 5) is 5.59. The Morgan fingerprint density at radius 3 is 2.70 bits per heavy atom. The summed E-state index contributed by atoms with van der Waals surface area (Å²) in [5, 5.41) is 11.3. The summed E-state index contributed by atoms with van der Waals surface area (Å²) in [6, 6.07) is 11.3. The van der Waals surface area contributed by atoms with Gasteiger partial charge in [-0.15, -0.1) is 10.2 Å². The van der Waals surface area contributed by atoms with Gasteiger partial charge >= 0.3 is 0 Å². The molecule has 4 nitrogen and oxygen atoms in total. The van der Waals surface area contributed by atoms with Crippen molar-refractivity contribution in [2.24, 2.45) is 0 Å². The predicted molar refractivity (Wildman–Crippen MR) is 102 cm³/mol. The van der Waals surface area contributed by atoms with E-state index < -0.39 is 0 Å². The fourth-order valence-electron chi connectivity index (χ4n) is 3.57. The van der Waals surface area contributed by atoms with Crippen molar-refractivity contribution in [1.29, 1.82) is 0 Å². The Morgan fingerprint density at radius 2 is 1.85 bits per heavy atom. The van der Waals surface area contributed by atoms with E-state index in [-0.39, 0.29) is 11.6 Å². The first-order valence-corrected chi connectivity index (χ1v) is 9.58. The van der Waals surface area contributed by atoms with Gasteiger partial charge in [0.15, 0.2) is 0 Å². The summed E-state index contributed by atoms with van der Waals surface area (Å²) >= 11 is 1.55. The normalized spacial score (nSPS) is 13.9. The molecule has 5 rings (SSSR count). The van der Waals surface area contributed by atoms with E-state index in [2.05, 4.69) is 20.1 Å². The standard InChI is InChI=1S/C20H16F2N4S/c21-13-3-1-12(2-4-13)9-19-24-25-20(27-19)26-8-7-18-16(11-26)15-10-14(22)5-6-17(15)23-18/h1-6,10,23H,7-9,11H2. The first kappa shape index (κ1) is 16.4. The molecule has 0 radical (unpaired) electrons. The van der Waals surface area contributed by atoms with Crippen LogP contribution in [-0.4, -0.2) is 21.7 Å². The van der Waals surface area contributed by atoms with Crippen LogP contribution in [0.5, 0.6) is 0 Å². The maximum Gasteiger partial charge on any atom is 0.208 e. The second-order valence-electron chi connectivity index (χ2n) is 6.73. The number of aromatic nitrogens is 3. The number of hydrogen-bond acceptors (Lipinski definition) is 4. The molecule has 0 spiro atoms. The van der Waals surface area contributed by atoms with Gasteiger partial charge in [0.2, 0.25) is 5.13 Å². The molecule has 1 N–H and O–H groups in total. The van der Waals surface area contributed by atoms with Gasteiger partial charge in [0.25, 0.3) is 0 Å². The van der Waals surface area contributed by atoms with Crippen molar-refractivity contribution in [2.45, 2.75) is 19.4 Å². The maximum atomic E-state index is 13.7. The van der Waals surface area contributed by atoms with Crippen molar-refractivity contribution < 1.29 is 8.78 Å². The van der Waals surface area contributed by atoms with Crippen molar-refractivity contribution in [3.05, 3.63) is 75.9 Å². The number of benzene rings is 2. The van der Waals surface area contributed by atoms with Gasteiger partial charge in [0, 0.05) is 48.1 Å². The minimum Gasteiger partial charge on any atom is -0.358 e. The lowest BCUT2D eigenvalue weighted by atomic mass is 10.1. The van der Waals surface area contributed by atoms with E-state index in [4.69, 9.17) is 0 Å². The molecule has 2 aromatic heterocycles. The van der Waals surface area contributed by atoms with Crippen molar-refractivity contribution in [1.82, 2.24) is 15.2 Å². The number of fused-ring (bicyclic) bond motifs is 3. The van der Waals surface area contributed by atoms with Gasteiger partial charge in [-0.2, -0.15) is 0 Å². The lowest BCUT2D eigenvalue weighted by molar-refractivity contribution is 0.627. The minimum absolute atomic E-state index is 0.223. The third-order valence-electron chi connectivity index (χ3n) is 4.93. The molecule has 7 heteroatoms. The average Bonchev–Trinajstić information content (AvgIpc) is 3.27. The summed E-state index contributed by atoms with van der Waals surface area (Å²) in [6.07, 6.45) is 1.49. The number of hydrogen-bond donors (Lipinski definition) is 1. The zero-order valence-corrected chi connectivity index (χ0v) is 15.2. The first-order valence-electron chi connectivity index (χ1n) is 8.76. The summed E-state index contributed by atoms with van der Waals surface area (Å²) in [5.74, 6) is -0.463. The minimum atomic E-state index is -0.240. The summed E-state index contributed by atoms with van der Waals surface area (Å²) in [5.41, 5.74) is 4.28. The van der Waals surface area contributed by atoms with Crippen molar-refractivity contribution in [3.8, 4) is 0 Å². The van der Waals surface area contributed by atoms with Crippen molar-refractivity contribution >= 4 is 27.4 Å². The lowest BCUT2D eigenvalue weighted by Gasteiger charge is -2.26.